The van der Waals surface area contributed by atoms with Crippen molar-refractivity contribution in [3.8, 4) is 17.2 Å². The fourth-order valence-corrected chi connectivity index (χ4v) is 4.20. The van der Waals surface area contributed by atoms with Crippen LogP contribution in [0.15, 0.2) is 42.5 Å². The Balaban J connectivity index is 1.35. The Morgan fingerprint density at radius 2 is 2.00 bits per heavy atom. The van der Waals surface area contributed by atoms with Crippen LogP contribution in [-0.2, 0) is 13.0 Å². The van der Waals surface area contributed by atoms with Crippen molar-refractivity contribution in [2.45, 2.75) is 31.8 Å². The predicted molar refractivity (Wildman–Crippen MR) is 110 cm³/mol. The van der Waals surface area contributed by atoms with E-state index >= 15 is 0 Å². The molecule has 5 nitrogen and oxygen atoms in total. The van der Waals surface area contributed by atoms with Crippen LogP contribution in [0.3, 0.4) is 0 Å². The summed E-state index contributed by atoms with van der Waals surface area (Å²) in [5, 5.41) is 0. The molecule has 2 aromatic rings. The van der Waals surface area contributed by atoms with Gasteiger partial charge in [0.1, 0.15) is 0 Å². The zero-order chi connectivity index (χ0) is 19.3. The molecule has 0 radical (unpaired) electrons. The third-order valence-electron chi connectivity index (χ3n) is 5.82. The number of hydrogen-bond acceptors (Lipinski definition) is 5. The highest BCUT2D eigenvalue weighted by Gasteiger charge is 2.25. The minimum Gasteiger partial charge on any atom is -0.493 e. The topological polar surface area (TPSA) is 34.2 Å². The number of ether oxygens (including phenoxy) is 3. The summed E-state index contributed by atoms with van der Waals surface area (Å²) >= 11 is 0. The lowest BCUT2D eigenvalue weighted by atomic mass is 10.0. The van der Waals surface area contributed by atoms with E-state index in [2.05, 4.69) is 59.3 Å². The van der Waals surface area contributed by atoms with E-state index in [-0.39, 0.29) is 6.79 Å². The van der Waals surface area contributed by atoms with Crippen molar-refractivity contribution in [1.82, 2.24) is 9.80 Å². The third-order valence-corrected chi connectivity index (χ3v) is 5.82. The Labute approximate surface area is 167 Å². The van der Waals surface area contributed by atoms with Gasteiger partial charge in [0.25, 0.3) is 0 Å². The van der Waals surface area contributed by atoms with E-state index in [1.54, 1.807) is 7.11 Å². The highest BCUT2D eigenvalue weighted by Crippen LogP contribution is 2.42. The van der Waals surface area contributed by atoms with Crippen molar-refractivity contribution in [2.24, 2.45) is 0 Å². The lowest BCUT2D eigenvalue weighted by Gasteiger charge is -2.37. The number of likely N-dealkylation sites (tertiary alicyclic amines) is 1. The van der Waals surface area contributed by atoms with E-state index in [0.29, 0.717) is 6.04 Å². The van der Waals surface area contributed by atoms with Gasteiger partial charge in [-0.3, -0.25) is 4.90 Å². The molecule has 150 valence electrons. The molecule has 1 atom stereocenters. The van der Waals surface area contributed by atoms with Crippen LogP contribution in [0.5, 0.6) is 17.2 Å². The molecule has 0 aromatic heterocycles. The van der Waals surface area contributed by atoms with Gasteiger partial charge in [-0.05, 0) is 56.1 Å². The summed E-state index contributed by atoms with van der Waals surface area (Å²) < 4.78 is 16.6. The van der Waals surface area contributed by atoms with E-state index in [0.717, 1.165) is 49.8 Å². The number of fused-ring (bicyclic) bond motifs is 1. The molecule has 0 aliphatic carbocycles. The summed E-state index contributed by atoms with van der Waals surface area (Å²) in [7, 11) is 3.94. The van der Waals surface area contributed by atoms with E-state index in [4.69, 9.17) is 14.2 Å². The monoisotopic (exact) mass is 382 g/mol. The van der Waals surface area contributed by atoms with Gasteiger partial charge in [0.2, 0.25) is 12.5 Å². The highest BCUT2D eigenvalue weighted by molar-refractivity contribution is 5.55. The summed E-state index contributed by atoms with van der Waals surface area (Å²) in [5.41, 5.74) is 2.63. The van der Waals surface area contributed by atoms with Gasteiger partial charge in [0.05, 0.1) is 7.11 Å². The molecule has 0 bridgehead atoms. The molecule has 0 saturated carbocycles. The van der Waals surface area contributed by atoms with Crippen LogP contribution in [-0.4, -0.2) is 56.4 Å². The standard InChI is InChI=1S/C23H30N2O3/c1-24(12-10-18-7-4-3-5-8-18)20-9-6-11-25(16-20)15-19-13-21(26-2)23-22(14-19)27-17-28-23/h3-5,7-8,13-14,20H,6,9-12,15-17H2,1-2H3/t20-/m0/s1. The highest BCUT2D eigenvalue weighted by atomic mass is 16.7. The number of rotatable bonds is 7. The molecule has 2 heterocycles. The maximum atomic E-state index is 5.58. The second-order valence-electron chi connectivity index (χ2n) is 7.78. The molecule has 0 N–H and O–H groups in total. The molecule has 1 fully saturated rings. The summed E-state index contributed by atoms with van der Waals surface area (Å²) in [6, 6.07) is 15.5. The number of likely N-dealkylation sites (N-methyl/N-ethyl adjacent to an activating group) is 1. The van der Waals surface area contributed by atoms with E-state index in [9.17, 15) is 0 Å². The minimum absolute atomic E-state index is 0.271. The summed E-state index contributed by atoms with van der Waals surface area (Å²) in [6.45, 7) is 4.52. The van der Waals surface area contributed by atoms with Crippen LogP contribution < -0.4 is 14.2 Å². The average Bonchev–Trinajstić information content (AvgIpc) is 3.21. The first-order valence-electron chi connectivity index (χ1n) is 10.2. The third kappa shape index (κ3) is 4.42. The zero-order valence-corrected chi connectivity index (χ0v) is 16.9. The van der Waals surface area contributed by atoms with Gasteiger partial charge in [0.15, 0.2) is 11.5 Å². The van der Waals surface area contributed by atoms with Crippen LogP contribution in [0.4, 0.5) is 0 Å². The summed E-state index contributed by atoms with van der Waals surface area (Å²) in [5.74, 6) is 2.28. The van der Waals surface area contributed by atoms with Crippen LogP contribution >= 0.6 is 0 Å². The molecule has 0 amide bonds. The van der Waals surface area contributed by atoms with Gasteiger partial charge in [-0.2, -0.15) is 0 Å². The fraction of sp³-hybridized carbons (Fsp3) is 0.478. The van der Waals surface area contributed by atoms with E-state index in [1.165, 1.54) is 24.0 Å². The Kier molecular flexibility index (Phi) is 6.03. The maximum absolute atomic E-state index is 5.58. The van der Waals surface area contributed by atoms with Gasteiger partial charge in [-0.25, -0.2) is 0 Å². The first-order chi connectivity index (χ1) is 13.7. The molecule has 2 aliphatic rings. The van der Waals surface area contributed by atoms with Crippen LogP contribution in [0.2, 0.25) is 0 Å². The normalized spacial score (nSPS) is 19.2. The number of methoxy groups -OCH3 is 1. The Hall–Kier alpha value is -2.24. The summed E-state index contributed by atoms with van der Waals surface area (Å²) in [4.78, 5) is 5.07. The SMILES string of the molecule is COc1cc(CN2CCC[C@H](N(C)CCc3ccccc3)C2)cc2c1OCO2. The number of nitrogens with zero attached hydrogens (tertiary/aromatic N) is 2. The molecule has 0 spiro atoms. The van der Waals surface area contributed by atoms with Crippen LogP contribution in [0, 0.1) is 0 Å². The molecule has 28 heavy (non-hydrogen) atoms. The molecule has 1 saturated heterocycles. The number of benzene rings is 2. The lowest BCUT2D eigenvalue weighted by Crippen LogP contribution is -2.46. The van der Waals surface area contributed by atoms with Gasteiger partial charge in [0, 0.05) is 25.7 Å². The first kappa shape index (κ1) is 19.1. The van der Waals surface area contributed by atoms with E-state index < -0.39 is 0 Å². The van der Waals surface area contributed by atoms with Crippen LogP contribution in [0.25, 0.3) is 0 Å². The lowest BCUT2D eigenvalue weighted by molar-refractivity contribution is 0.112. The largest absolute Gasteiger partial charge is 0.493 e. The van der Waals surface area contributed by atoms with Gasteiger partial charge in [-0.15, -0.1) is 0 Å². The van der Waals surface area contributed by atoms with Gasteiger partial charge < -0.3 is 19.1 Å². The molecular weight excluding hydrogens is 352 g/mol. The molecular formula is C23H30N2O3. The fourth-order valence-electron chi connectivity index (χ4n) is 4.20. The van der Waals surface area contributed by atoms with Crippen molar-refractivity contribution in [2.75, 3.05) is 40.6 Å². The van der Waals surface area contributed by atoms with Crippen LogP contribution in [0.1, 0.15) is 24.0 Å². The molecule has 2 aromatic carbocycles. The maximum Gasteiger partial charge on any atom is 0.231 e. The molecule has 0 unspecified atom stereocenters. The molecule has 4 rings (SSSR count). The van der Waals surface area contributed by atoms with Crippen molar-refractivity contribution in [3.63, 3.8) is 0 Å². The Morgan fingerprint density at radius 3 is 2.82 bits per heavy atom. The molecule has 2 aliphatic heterocycles. The Morgan fingerprint density at radius 1 is 1.14 bits per heavy atom. The number of hydrogen-bond donors (Lipinski definition) is 0. The van der Waals surface area contributed by atoms with Crippen molar-refractivity contribution >= 4 is 0 Å². The van der Waals surface area contributed by atoms with E-state index in [1.807, 2.05) is 0 Å². The van der Waals surface area contributed by atoms with Crippen molar-refractivity contribution < 1.29 is 14.2 Å². The van der Waals surface area contributed by atoms with Gasteiger partial charge >= 0.3 is 0 Å². The smallest absolute Gasteiger partial charge is 0.231 e. The average molecular weight is 383 g/mol. The van der Waals surface area contributed by atoms with Crippen molar-refractivity contribution in [1.29, 1.82) is 0 Å². The first-order valence-corrected chi connectivity index (χ1v) is 10.2. The van der Waals surface area contributed by atoms with Gasteiger partial charge in [-0.1, -0.05) is 30.3 Å². The Bertz CT molecular complexity index is 781. The quantitative estimate of drug-likeness (QED) is 0.731. The molecule has 5 heteroatoms. The predicted octanol–water partition coefficient (Wildman–Crippen LogP) is 3.56. The minimum atomic E-state index is 0.271. The van der Waals surface area contributed by atoms with Crippen molar-refractivity contribution in [3.05, 3.63) is 53.6 Å². The second-order valence-corrected chi connectivity index (χ2v) is 7.78. The second kappa shape index (κ2) is 8.84. The zero-order valence-electron chi connectivity index (χ0n) is 16.9. The summed E-state index contributed by atoms with van der Waals surface area (Å²) in [6.07, 6.45) is 3.61. The number of piperidine rings is 1.